The molecule has 3 aliphatic rings. The summed E-state index contributed by atoms with van der Waals surface area (Å²) < 4.78 is 0. The molecule has 2 heterocycles. The summed E-state index contributed by atoms with van der Waals surface area (Å²) in [7, 11) is 0. The SMILES string of the molecule is O=C1C(C2=N[C@@H](C(=O)O)[C@H]3C(=O)N(c4ccc(Cl)cc4Cl)C(=O)[C@H]23)=C(O)c2ccccc21. The van der Waals surface area contributed by atoms with Gasteiger partial charge in [0.1, 0.15) is 5.76 Å². The van der Waals surface area contributed by atoms with Crippen molar-refractivity contribution in [3.05, 3.63) is 69.2 Å². The molecule has 0 saturated carbocycles. The van der Waals surface area contributed by atoms with Gasteiger partial charge in [-0.3, -0.25) is 19.4 Å². The van der Waals surface area contributed by atoms with E-state index in [9.17, 15) is 29.4 Å². The zero-order valence-electron chi connectivity index (χ0n) is 16.0. The number of aliphatic hydroxyl groups is 1. The quantitative estimate of drug-likeness (QED) is 0.663. The van der Waals surface area contributed by atoms with Gasteiger partial charge in [0.2, 0.25) is 11.8 Å². The van der Waals surface area contributed by atoms with Gasteiger partial charge in [0.25, 0.3) is 0 Å². The number of carbonyl (C=O) groups is 4. The average Bonchev–Trinajstić information content (AvgIpc) is 3.34. The maximum Gasteiger partial charge on any atom is 0.329 e. The van der Waals surface area contributed by atoms with Crippen molar-refractivity contribution in [3.63, 3.8) is 0 Å². The van der Waals surface area contributed by atoms with Gasteiger partial charge in [-0.2, -0.15) is 0 Å². The third-order valence-electron chi connectivity index (χ3n) is 5.81. The fourth-order valence-corrected chi connectivity index (χ4v) is 4.93. The Morgan fingerprint density at radius 2 is 1.69 bits per heavy atom. The minimum absolute atomic E-state index is 0.0240. The lowest BCUT2D eigenvalue weighted by Crippen LogP contribution is -2.36. The molecule has 0 radical (unpaired) electrons. The van der Waals surface area contributed by atoms with Gasteiger partial charge in [-0.25, -0.2) is 9.69 Å². The lowest BCUT2D eigenvalue weighted by molar-refractivity contribution is -0.141. The van der Waals surface area contributed by atoms with Gasteiger partial charge in [0.15, 0.2) is 11.8 Å². The van der Waals surface area contributed by atoms with Crippen LogP contribution in [-0.2, 0) is 14.4 Å². The monoisotopic (exact) mass is 470 g/mol. The van der Waals surface area contributed by atoms with Crippen LogP contribution in [-0.4, -0.2) is 45.5 Å². The molecular weight excluding hydrogens is 459 g/mol. The lowest BCUT2D eigenvalue weighted by atomic mass is 9.85. The predicted molar refractivity (Wildman–Crippen MR) is 115 cm³/mol. The second kappa shape index (κ2) is 7.01. The number of hydrogen-bond donors (Lipinski definition) is 2. The number of amides is 2. The highest BCUT2D eigenvalue weighted by Crippen LogP contribution is 2.45. The first-order chi connectivity index (χ1) is 15.2. The van der Waals surface area contributed by atoms with Crippen LogP contribution < -0.4 is 4.90 Å². The molecule has 0 bridgehead atoms. The first-order valence-corrected chi connectivity index (χ1v) is 10.2. The molecule has 0 aromatic heterocycles. The average molecular weight is 471 g/mol. The predicted octanol–water partition coefficient (Wildman–Crippen LogP) is 3.17. The van der Waals surface area contributed by atoms with Crippen molar-refractivity contribution in [2.75, 3.05) is 4.90 Å². The number of carbonyl (C=O) groups excluding carboxylic acids is 3. The largest absolute Gasteiger partial charge is 0.506 e. The molecule has 2 aromatic carbocycles. The van der Waals surface area contributed by atoms with Crippen molar-refractivity contribution in [3.8, 4) is 0 Å². The number of aliphatic carboxylic acids is 1. The van der Waals surface area contributed by atoms with Crippen molar-refractivity contribution >= 4 is 63.9 Å². The van der Waals surface area contributed by atoms with Crippen LogP contribution in [0.1, 0.15) is 15.9 Å². The zero-order valence-corrected chi connectivity index (χ0v) is 17.5. The van der Waals surface area contributed by atoms with E-state index >= 15 is 0 Å². The van der Waals surface area contributed by atoms with Crippen LogP contribution in [0.4, 0.5) is 5.69 Å². The lowest BCUT2D eigenvalue weighted by Gasteiger charge is -2.18. The number of fused-ring (bicyclic) bond motifs is 2. The Labute approximate surface area is 190 Å². The van der Waals surface area contributed by atoms with E-state index in [4.69, 9.17) is 23.2 Å². The Kier molecular flexibility index (Phi) is 4.47. The highest BCUT2D eigenvalue weighted by atomic mass is 35.5. The molecule has 0 unspecified atom stereocenters. The Morgan fingerprint density at radius 3 is 2.31 bits per heavy atom. The molecule has 1 fully saturated rings. The first-order valence-electron chi connectivity index (χ1n) is 9.43. The van der Waals surface area contributed by atoms with Crippen LogP contribution in [0, 0.1) is 11.8 Å². The van der Waals surface area contributed by atoms with Crippen molar-refractivity contribution in [1.29, 1.82) is 0 Å². The molecule has 2 N–H and O–H groups in total. The number of imide groups is 1. The van der Waals surface area contributed by atoms with Crippen LogP contribution in [0.25, 0.3) is 5.76 Å². The summed E-state index contributed by atoms with van der Waals surface area (Å²) in [5.41, 5.74) is 0.0117. The van der Waals surface area contributed by atoms with E-state index in [2.05, 4.69) is 4.99 Å². The van der Waals surface area contributed by atoms with Crippen molar-refractivity contribution < 1.29 is 29.4 Å². The summed E-state index contributed by atoms with van der Waals surface area (Å²) in [5.74, 6) is -6.75. The number of rotatable bonds is 3. The van der Waals surface area contributed by atoms with Crippen LogP contribution in [0.5, 0.6) is 0 Å². The summed E-state index contributed by atoms with van der Waals surface area (Å²) in [6.07, 6.45) is 0. The van der Waals surface area contributed by atoms with Crippen LogP contribution in [0.2, 0.25) is 10.0 Å². The number of allylic oxidation sites excluding steroid dienone is 1. The number of aliphatic hydroxyl groups excluding tert-OH is 1. The molecule has 1 saturated heterocycles. The number of halogens is 2. The minimum atomic E-state index is -1.60. The molecule has 2 amide bonds. The molecule has 2 aliphatic heterocycles. The third-order valence-corrected chi connectivity index (χ3v) is 6.35. The highest BCUT2D eigenvalue weighted by Gasteiger charge is 2.61. The van der Waals surface area contributed by atoms with E-state index in [1.807, 2.05) is 0 Å². The Hall–Kier alpha value is -3.49. The number of carboxylic acids is 1. The molecular formula is C22H12Cl2N2O6. The second-order valence-corrected chi connectivity index (χ2v) is 8.35. The summed E-state index contributed by atoms with van der Waals surface area (Å²) >= 11 is 12.1. The van der Waals surface area contributed by atoms with Crippen molar-refractivity contribution in [2.45, 2.75) is 6.04 Å². The number of Topliss-reactive ketones (excluding diaryl/α,β-unsaturated/α-hetero) is 1. The summed E-state index contributed by atoms with van der Waals surface area (Å²) in [6.45, 7) is 0. The summed E-state index contributed by atoms with van der Waals surface area (Å²) in [6, 6.07) is 8.83. The second-order valence-electron chi connectivity index (χ2n) is 7.51. The molecule has 2 aromatic rings. The van der Waals surface area contributed by atoms with E-state index < -0.39 is 47.2 Å². The standard InChI is InChI=1S/C22H12Cl2N2O6/c23-8-5-6-12(11(24)7-8)26-20(29)13-14(21(26)30)17(22(31)32)25-16(13)15-18(27)9-3-1-2-4-10(9)19(15)28/h1-7,13-14,17,27H,(H,31,32)/t13-,14-,17+/m0/s1. The number of aliphatic imine (C=N–C) groups is 1. The number of ketones is 1. The molecule has 0 spiro atoms. The Morgan fingerprint density at radius 1 is 1.00 bits per heavy atom. The first kappa shape index (κ1) is 20.4. The van der Waals surface area contributed by atoms with Crippen molar-refractivity contribution in [1.82, 2.24) is 0 Å². The zero-order chi connectivity index (χ0) is 22.9. The van der Waals surface area contributed by atoms with E-state index in [1.54, 1.807) is 12.1 Å². The van der Waals surface area contributed by atoms with Crippen molar-refractivity contribution in [2.24, 2.45) is 16.8 Å². The maximum atomic E-state index is 13.4. The van der Waals surface area contributed by atoms with Gasteiger partial charge < -0.3 is 10.2 Å². The van der Waals surface area contributed by atoms with Crippen LogP contribution >= 0.6 is 23.2 Å². The van der Waals surface area contributed by atoms with Gasteiger partial charge >= 0.3 is 5.97 Å². The molecule has 8 nitrogen and oxygen atoms in total. The van der Waals surface area contributed by atoms with Gasteiger partial charge in [-0.15, -0.1) is 0 Å². The van der Waals surface area contributed by atoms with Gasteiger partial charge in [-0.1, -0.05) is 47.5 Å². The van der Waals surface area contributed by atoms with Gasteiger partial charge in [0, 0.05) is 16.1 Å². The molecule has 32 heavy (non-hydrogen) atoms. The summed E-state index contributed by atoms with van der Waals surface area (Å²) in [4.78, 5) is 56.3. The van der Waals surface area contributed by atoms with Crippen LogP contribution in [0.15, 0.2) is 53.0 Å². The smallest absolute Gasteiger partial charge is 0.329 e. The molecule has 160 valence electrons. The number of anilines is 1. The molecule has 1 aliphatic carbocycles. The van der Waals surface area contributed by atoms with Crippen LogP contribution in [0.3, 0.4) is 0 Å². The normalized spacial score (nSPS) is 24.2. The molecule has 3 atom stereocenters. The van der Waals surface area contributed by atoms with E-state index in [0.29, 0.717) is 0 Å². The van der Waals surface area contributed by atoms with E-state index in [0.717, 1.165) is 4.90 Å². The maximum absolute atomic E-state index is 13.4. The highest BCUT2D eigenvalue weighted by molar-refractivity contribution is 6.44. The number of carboxylic acid groups (broad SMARTS) is 1. The Bertz CT molecular complexity index is 1330. The topological polar surface area (TPSA) is 124 Å². The number of benzene rings is 2. The fourth-order valence-electron chi connectivity index (χ4n) is 4.44. The third kappa shape index (κ3) is 2.66. The molecule has 10 heteroatoms. The summed E-state index contributed by atoms with van der Waals surface area (Å²) in [5, 5.41) is 20.7. The Balaban J connectivity index is 1.65. The van der Waals surface area contributed by atoms with E-state index in [1.165, 1.54) is 30.3 Å². The minimum Gasteiger partial charge on any atom is -0.506 e. The molecule has 5 rings (SSSR count). The fraction of sp³-hybridized carbons (Fsp3) is 0.136. The number of hydrogen-bond acceptors (Lipinski definition) is 6. The van der Waals surface area contributed by atoms with Gasteiger partial charge in [-0.05, 0) is 18.2 Å². The van der Waals surface area contributed by atoms with E-state index in [-0.39, 0.29) is 38.1 Å². The number of nitrogens with zero attached hydrogens (tertiary/aromatic N) is 2. The van der Waals surface area contributed by atoms with Gasteiger partial charge in [0.05, 0.1) is 33.8 Å².